The zero-order valence-corrected chi connectivity index (χ0v) is 19.9. The number of hydrogen-bond donors (Lipinski definition) is 0. The number of piperidine rings is 1. The van der Waals surface area contributed by atoms with Gasteiger partial charge in [-0.25, -0.2) is 4.98 Å². The molecule has 178 valence electrons. The summed E-state index contributed by atoms with van der Waals surface area (Å²) in [6.45, 7) is 7.08. The highest BCUT2D eigenvalue weighted by atomic mass is 16.5. The van der Waals surface area contributed by atoms with Crippen molar-refractivity contribution in [3.8, 4) is 11.6 Å². The summed E-state index contributed by atoms with van der Waals surface area (Å²) in [7, 11) is 0. The molecular formula is C27H32N4O3. The van der Waals surface area contributed by atoms with E-state index in [1.54, 1.807) is 13.1 Å². The van der Waals surface area contributed by atoms with Gasteiger partial charge in [-0.15, -0.1) is 0 Å². The van der Waals surface area contributed by atoms with Crippen molar-refractivity contribution in [1.29, 1.82) is 0 Å². The number of carbonyl (C=O) groups excluding carboxylic acids is 2. The zero-order valence-electron chi connectivity index (χ0n) is 19.9. The molecule has 3 aromatic rings. The minimum Gasteiger partial charge on any atom is -0.489 e. The Hall–Kier alpha value is -3.19. The Morgan fingerprint density at radius 2 is 1.79 bits per heavy atom. The number of ketones is 1. The van der Waals surface area contributed by atoms with Crippen molar-refractivity contribution >= 4 is 22.6 Å². The Morgan fingerprint density at radius 3 is 2.47 bits per heavy atom. The summed E-state index contributed by atoms with van der Waals surface area (Å²) in [5, 5.41) is 1.03. The van der Waals surface area contributed by atoms with E-state index in [4.69, 9.17) is 4.74 Å². The third kappa shape index (κ3) is 4.57. The lowest BCUT2D eigenvalue weighted by molar-refractivity contribution is -0.122. The molecule has 2 fully saturated rings. The summed E-state index contributed by atoms with van der Waals surface area (Å²) in [6.07, 6.45) is 7.89. The molecule has 1 aromatic carbocycles. The van der Waals surface area contributed by atoms with Crippen LogP contribution >= 0.6 is 0 Å². The average Bonchev–Trinajstić information content (AvgIpc) is 3.54. The first-order valence-electron chi connectivity index (χ1n) is 12.3. The minimum absolute atomic E-state index is 0.0206. The van der Waals surface area contributed by atoms with Crippen molar-refractivity contribution in [1.82, 2.24) is 19.4 Å². The van der Waals surface area contributed by atoms with Crippen LogP contribution in [0.1, 0.15) is 49.9 Å². The van der Waals surface area contributed by atoms with E-state index >= 15 is 0 Å². The molecule has 0 aliphatic carbocycles. The van der Waals surface area contributed by atoms with E-state index in [9.17, 15) is 9.59 Å². The van der Waals surface area contributed by atoms with Crippen LogP contribution in [-0.2, 0) is 4.79 Å². The number of carbonyl (C=O) groups is 2. The van der Waals surface area contributed by atoms with Crippen LogP contribution in [0.25, 0.3) is 16.7 Å². The van der Waals surface area contributed by atoms with Crippen molar-refractivity contribution in [2.24, 2.45) is 0 Å². The molecule has 34 heavy (non-hydrogen) atoms. The lowest BCUT2D eigenvalue weighted by Crippen LogP contribution is -2.45. The monoisotopic (exact) mass is 460 g/mol. The maximum atomic E-state index is 12.7. The summed E-state index contributed by atoms with van der Waals surface area (Å²) in [4.78, 5) is 33.1. The van der Waals surface area contributed by atoms with E-state index in [1.807, 2.05) is 59.0 Å². The summed E-state index contributed by atoms with van der Waals surface area (Å²) >= 11 is 0. The first-order chi connectivity index (χ1) is 16.5. The van der Waals surface area contributed by atoms with Crippen LogP contribution in [0.15, 0.2) is 48.8 Å². The second-order valence-corrected chi connectivity index (χ2v) is 9.45. The number of benzene rings is 1. The van der Waals surface area contributed by atoms with Crippen molar-refractivity contribution < 1.29 is 14.3 Å². The molecule has 0 radical (unpaired) electrons. The van der Waals surface area contributed by atoms with Crippen LogP contribution < -0.4 is 4.74 Å². The lowest BCUT2D eigenvalue weighted by atomic mass is 10.0. The van der Waals surface area contributed by atoms with Gasteiger partial charge in [-0.3, -0.25) is 14.5 Å². The molecule has 0 bridgehead atoms. The number of amides is 1. The van der Waals surface area contributed by atoms with Crippen LogP contribution in [0.5, 0.6) is 5.75 Å². The number of pyridine rings is 1. The molecule has 1 atom stereocenters. The van der Waals surface area contributed by atoms with Crippen LogP contribution in [0, 0.1) is 0 Å². The number of Topliss-reactive ketones (excluding diaryl/α,β-unsaturated/α-hetero) is 1. The predicted molar refractivity (Wildman–Crippen MR) is 132 cm³/mol. The number of likely N-dealkylation sites (tertiary alicyclic amines) is 2. The van der Waals surface area contributed by atoms with Crippen LogP contribution in [0.4, 0.5) is 0 Å². The molecule has 2 aromatic heterocycles. The second kappa shape index (κ2) is 9.58. The van der Waals surface area contributed by atoms with Gasteiger partial charge in [0.25, 0.3) is 5.91 Å². The van der Waals surface area contributed by atoms with Crippen LogP contribution in [-0.4, -0.2) is 69.4 Å². The molecule has 5 rings (SSSR count). The second-order valence-electron chi connectivity index (χ2n) is 9.45. The van der Waals surface area contributed by atoms with Gasteiger partial charge >= 0.3 is 0 Å². The molecule has 0 N–H and O–H groups in total. The molecule has 0 saturated carbocycles. The molecule has 7 nitrogen and oxygen atoms in total. The van der Waals surface area contributed by atoms with Crippen LogP contribution in [0.3, 0.4) is 0 Å². The predicted octanol–water partition coefficient (Wildman–Crippen LogP) is 4.08. The number of aromatic nitrogens is 2. The quantitative estimate of drug-likeness (QED) is 0.555. The van der Waals surface area contributed by atoms with Crippen molar-refractivity contribution in [3.05, 3.63) is 54.4 Å². The molecule has 2 saturated heterocycles. The third-order valence-electron chi connectivity index (χ3n) is 7.21. The fourth-order valence-corrected chi connectivity index (χ4v) is 4.99. The Kier molecular flexibility index (Phi) is 6.37. The van der Waals surface area contributed by atoms with Gasteiger partial charge in [-0.1, -0.05) is 0 Å². The van der Waals surface area contributed by atoms with Crippen molar-refractivity contribution in [2.45, 2.75) is 51.7 Å². The topological polar surface area (TPSA) is 67.7 Å². The van der Waals surface area contributed by atoms with E-state index in [-0.39, 0.29) is 23.8 Å². The van der Waals surface area contributed by atoms with E-state index in [0.29, 0.717) is 0 Å². The van der Waals surface area contributed by atoms with Gasteiger partial charge in [-0.05, 0) is 75.9 Å². The minimum atomic E-state index is -0.0206. The van der Waals surface area contributed by atoms with E-state index in [2.05, 4.69) is 9.88 Å². The van der Waals surface area contributed by atoms with Gasteiger partial charge in [0.05, 0.1) is 17.8 Å². The van der Waals surface area contributed by atoms with E-state index < -0.39 is 0 Å². The molecule has 2 aliphatic rings. The van der Waals surface area contributed by atoms with Gasteiger partial charge in [0.1, 0.15) is 23.5 Å². The first-order valence-corrected chi connectivity index (χ1v) is 12.3. The van der Waals surface area contributed by atoms with Gasteiger partial charge in [0.15, 0.2) is 0 Å². The Bertz CT molecular complexity index is 1170. The van der Waals surface area contributed by atoms with Crippen LogP contribution in [0.2, 0.25) is 0 Å². The normalized spacial score (nSPS) is 18.4. The number of rotatable bonds is 6. The number of nitrogens with zero attached hydrogens (tertiary/aromatic N) is 4. The summed E-state index contributed by atoms with van der Waals surface area (Å²) < 4.78 is 8.20. The molecule has 4 heterocycles. The first kappa shape index (κ1) is 22.6. The molecule has 0 spiro atoms. The Balaban J connectivity index is 1.24. The SMILES string of the molecule is CC(=O)C(C)N1CCC(Oc2ccc(-n3ccc4cc(C(=O)N5CCCC5)ccc43)nc2)CC1. The zero-order chi connectivity index (χ0) is 23.7. The van der Waals surface area contributed by atoms with E-state index in [1.165, 1.54) is 0 Å². The standard InChI is InChI=1S/C27H32N4O3/c1-19(20(2)32)29-14-10-23(11-15-29)34-24-6-8-26(28-18-24)31-16-9-21-17-22(5-7-25(21)31)27(33)30-12-3-4-13-30/h5-9,16-19,23H,3-4,10-15H2,1-2H3. The summed E-state index contributed by atoms with van der Waals surface area (Å²) in [5.41, 5.74) is 1.76. The van der Waals surface area contributed by atoms with E-state index in [0.717, 1.165) is 79.9 Å². The summed E-state index contributed by atoms with van der Waals surface area (Å²) in [6, 6.07) is 11.8. The highest BCUT2D eigenvalue weighted by molar-refractivity contribution is 5.98. The Labute approximate surface area is 200 Å². The molecular weight excluding hydrogens is 428 g/mol. The Morgan fingerprint density at radius 1 is 1.03 bits per heavy atom. The van der Waals surface area contributed by atoms with Crippen molar-refractivity contribution in [3.63, 3.8) is 0 Å². The number of hydrogen-bond acceptors (Lipinski definition) is 5. The number of ether oxygens (including phenoxy) is 1. The molecule has 1 amide bonds. The van der Waals surface area contributed by atoms with Gasteiger partial charge in [-0.2, -0.15) is 0 Å². The fraction of sp³-hybridized carbons (Fsp3) is 0.444. The number of fused-ring (bicyclic) bond motifs is 1. The molecule has 2 aliphatic heterocycles. The maximum absolute atomic E-state index is 12.7. The highest BCUT2D eigenvalue weighted by Crippen LogP contribution is 2.25. The lowest BCUT2D eigenvalue weighted by Gasteiger charge is -2.34. The average molecular weight is 461 g/mol. The van der Waals surface area contributed by atoms with Crippen molar-refractivity contribution in [2.75, 3.05) is 26.2 Å². The van der Waals surface area contributed by atoms with Gasteiger partial charge in [0.2, 0.25) is 0 Å². The molecule has 1 unspecified atom stereocenters. The largest absolute Gasteiger partial charge is 0.489 e. The fourth-order valence-electron chi connectivity index (χ4n) is 4.99. The highest BCUT2D eigenvalue weighted by Gasteiger charge is 2.26. The van der Waals surface area contributed by atoms with Gasteiger partial charge < -0.3 is 14.2 Å². The smallest absolute Gasteiger partial charge is 0.253 e. The summed E-state index contributed by atoms with van der Waals surface area (Å²) in [5.74, 6) is 1.90. The van der Waals surface area contributed by atoms with Gasteiger partial charge in [0, 0.05) is 43.3 Å². The maximum Gasteiger partial charge on any atom is 0.253 e. The molecule has 7 heteroatoms. The third-order valence-corrected chi connectivity index (χ3v) is 7.21.